The highest BCUT2D eigenvalue weighted by atomic mass is 16.4. The van der Waals surface area contributed by atoms with Crippen LogP contribution < -0.4 is 5.32 Å². The van der Waals surface area contributed by atoms with Crippen molar-refractivity contribution in [2.45, 2.75) is 39.2 Å². The van der Waals surface area contributed by atoms with Gasteiger partial charge in [-0.25, -0.2) is 0 Å². The molecule has 84 valence electrons. The zero-order valence-corrected chi connectivity index (χ0v) is 8.99. The summed E-state index contributed by atoms with van der Waals surface area (Å²) in [6.07, 6.45) is 2.24. The van der Waals surface area contributed by atoms with Gasteiger partial charge in [-0.3, -0.25) is 4.79 Å². The van der Waals surface area contributed by atoms with Crippen molar-refractivity contribution < 1.29 is 15.0 Å². The van der Waals surface area contributed by atoms with Gasteiger partial charge in [0.05, 0.1) is 12.0 Å². The Morgan fingerprint density at radius 1 is 1.43 bits per heavy atom. The first-order valence-corrected chi connectivity index (χ1v) is 5.19. The molecule has 14 heavy (non-hydrogen) atoms. The Hall–Kier alpha value is -0.610. The Balaban J connectivity index is 3.68. The Morgan fingerprint density at radius 2 is 2.07 bits per heavy atom. The lowest BCUT2D eigenvalue weighted by Crippen LogP contribution is -2.32. The van der Waals surface area contributed by atoms with Gasteiger partial charge in [0.1, 0.15) is 0 Å². The van der Waals surface area contributed by atoms with Crippen molar-refractivity contribution in [2.75, 3.05) is 13.1 Å². The quantitative estimate of drug-likeness (QED) is 0.547. The van der Waals surface area contributed by atoms with E-state index in [1.807, 2.05) is 6.92 Å². The van der Waals surface area contributed by atoms with Gasteiger partial charge in [-0.1, -0.05) is 19.8 Å². The summed E-state index contributed by atoms with van der Waals surface area (Å²) in [6.45, 7) is 4.62. The van der Waals surface area contributed by atoms with E-state index in [2.05, 4.69) is 5.32 Å². The smallest absolute Gasteiger partial charge is 0.307 e. The standard InChI is InChI=1S/C10H21NO3/c1-3-4-5-9(10(13)14)7-11-6-8(2)12/h8-9,11-12H,3-7H2,1-2H3,(H,13,14)/t8-,9?/m1/s1. The summed E-state index contributed by atoms with van der Waals surface area (Å²) in [5.41, 5.74) is 0. The van der Waals surface area contributed by atoms with Crippen molar-refractivity contribution in [2.24, 2.45) is 5.92 Å². The molecule has 0 aliphatic heterocycles. The second-order valence-corrected chi connectivity index (χ2v) is 3.68. The topological polar surface area (TPSA) is 69.6 Å². The van der Waals surface area contributed by atoms with Crippen molar-refractivity contribution in [3.05, 3.63) is 0 Å². The summed E-state index contributed by atoms with van der Waals surface area (Å²) >= 11 is 0. The molecular weight excluding hydrogens is 182 g/mol. The largest absolute Gasteiger partial charge is 0.481 e. The molecule has 4 heteroatoms. The molecule has 0 heterocycles. The zero-order chi connectivity index (χ0) is 11.0. The monoisotopic (exact) mass is 203 g/mol. The van der Waals surface area contributed by atoms with E-state index in [0.29, 0.717) is 19.5 Å². The number of aliphatic hydroxyl groups excluding tert-OH is 1. The second-order valence-electron chi connectivity index (χ2n) is 3.68. The third-order valence-electron chi connectivity index (χ3n) is 2.09. The zero-order valence-electron chi connectivity index (χ0n) is 8.99. The SMILES string of the molecule is CCCCC(CNC[C@@H](C)O)C(=O)O. The molecule has 0 bridgehead atoms. The van der Waals surface area contributed by atoms with Crippen LogP contribution in [0.1, 0.15) is 33.1 Å². The van der Waals surface area contributed by atoms with Crippen LogP contribution in [0.5, 0.6) is 0 Å². The maximum absolute atomic E-state index is 10.8. The number of unbranched alkanes of at least 4 members (excludes halogenated alkanes) is 1. The van der Waals surface area contributed by atoms with Gasteiger partial charge < -0.3 is 15.5 Å². The molecule has 4 nitrogen and oxygen atoms in total. The molecule has 0 aromatic rings. The maximum Gasteiger partial charge on any atom is 0.307 e. The molecule has 0 aromatic heterocycles. The van der Waals surface area contributed by atoms with Gasteiger partial charge in [-0.05, 0) is 13.3 Å². The van der Waals surface area contributed by atoms with E-state index in [9.17, 15) is 4.79 Å². The molecule has 0 spiro atoms. The normalized spacial score (nSPS) is 15.1. The van der Waals surface area contributed by atoms with E-state index < -0.39 is 12.1 Å². The minimum absolute atomic E-state index is 0.325. The first-order chi connectivity index (χ1) is 6.57. The summed E-state index contributed by atoms with van der Waals surface area (Å²) < 4.78 is 0. The molecule has 0 rings (SSSR count). The number of carboxylic acids is 1. The van der Waals surface area contributed by atoms with Gasteiger partial charge in [-0.15, -0.1) is 0 Å². The van der Waals surface area contributed by atoms with Crippen molar-refractivity contribution in [1.82, 2.24) is 5.32 Å². The molecule has 0 aliphatic carbocycles. The number of carboxylic acid groups (broad SMARTS) is 1. The molecule has 2 atom stereocenters. The highest BCUT2D eigenvalue weighted by Crippen LogP contribution is 2.07. The molecule has 0 aromatic carbocycles. The van der Waals surface area contributed by atoms with Crippen LogP contribution in [0.4, 0.5) is 0 Å². The van der Waals surface area contributed by atoms with Crippen molar-refractivity contribution in [3.63, 3.8) is 0 Å². The summed E-state index contributed by atoms with van der Waals surface area (Å²) in [5.74, 6) is -1.08. The molecule has 0 aliphatic rings. The Kier molecular flexibility index (Phi) is 7.42. The number of nitrogens with one attached hydrogen (secondary N) is 1. The Bertz CT molecular complexity index is 159. The summed E-state index contributed by atoms with van der Waals surface area (Å²) in [5, 5.41) is 20.8. The molecule has 1 unspecified atom stereocenters. The van der Waals surface area contributed by atoms with E-state index in [1.165, 1.54) is 0 Å². The van der Waals surface area contributed by atoms with E-state index in [4.69, 9.17) is 10.2 Å². The third-order valence-corrected chi connectivity index (χ3v) is 2.09. The van der Waals surface area contributed by atoms with E-state index >= 15 is 0 Å². The highest BCUT2D eigenvalue weighted by Gasteiger charge is 2.15. The van der Waals surface area contributed by atoms with E-state index in [1.54, 1.807) is 6.92 Å². The number of rotatable bonds is 8. The van der Waals surface area contributed by atoms with E-state index in [-0.39, 0.29) is 5.92 Å². The minimum atomic E-state index is -0.753. The first-order valence-electron chi connectivity index (χ1n) is 5.19. The molecule has 0 radical (unpaired) electrons. The Labute approximate surface area is 85.3 Å². The lowest BCUT2D eigenvalue weighted by molar-refractivity contribution is -0.141. The van der Waals surface area contributed by atoms with Crippen LogP contribution >= 0.6 is 0 Å². The highest BCUT2D eigenvalue weighted by molar-refractivity contribution is 5.70. The number of carbonyl (C=O) groups is 1. The average Bonchev–Trinajstić information content (AvgIpc) is 2.09. The molecule has 0 saturated heterocycles. The van der Waals surface area contributed by atoms with Crippen LogP contribution in [-0.4, -0.2) is 35.4 Å². The maximum atomic E-state index is 10.8. The van der Waals surface area contributed by atoms with Gasteiger partial charge in [0, 0.05) is 13.1 Å². The summed E-state index contributed by atoms with van der Waals surface area (Å²) in [7, 11) is 0. The van der Waals surface area contributed by atoms with Gasteiger partial charge in [-0.2, -0.15) is 0 Å². The van der Waals surface area contributed by atoms with Crippen molar-refractivity contribution >= 4 is 5.97 Å². The number of aliphatic carboxylic acids is 1. The van der Waals surface area contributed by atoms with Crippen molar-refractivity contribution in [1.29, 1.82) is 0 Å². The van der Waals surface area contributed by atoms with Crippen LogP contribution in [0.3, 0.4) is 0 Å². The summed E-state index contributed by atoms with van der Waals surface area (Å²) in [6, 6.07) is 0. The second kappa shape index (κ2) is 7.76. The number of hydrogen-bond donors (Lipinski definition) is 3. The fraction of sp³-hybridized carbons (Fsp3) is 0.900. The predicted molar refractivity (Wildman–Crippen MR) is 55.2 cm³/mol. The van der Waals surface area contributed by atoms with Crippen LogP contribution in [0.25, 0.3) is 0 Å². The lowest BCUT2D eigenvalue weighted by atomic mass is 10.0. The van der Waals surface area contributed by atoms with Crippen LogP contribution in [-0.2, 0) is 4.79 Å². The van der Waals surface area contributed by atoms with Crippen LogP contribution in [0, 0.1) is 5.92 Å². The van der Waals surface area contributed by atoms with Crippen molar-refractivity contribution in [3.8, 4) is 0 Å². The fourth-order valence-electron chi connectivity index (χ4n) is 1.23. The predicted octanol–water partition coefficient (Wildman–Crippen LogP) is 0.848. The summed E-state index contributed by atoms with van der Waals surface area (Å²) in [4.78, 5) is 10.8. The lowest BCUT2D eigenvalue weighted by Gasteiger charge is -2.13. The van der Waals surface area contributed by atoms with Gasteiger partial charge in [0.15, 0.2) is 0 Å². The third kappa shape index (κ3) is 6.86. The fourth-order valence-corrected chi connectivity index (χ4v) is 1.23. The van der Waals surface area contributed by atoms with Crippen LogP contribution in [0.2, 0.25) is 0 Å². The van der Waals surface area contributed by atoms with Gasteiger partial charge in [0.25, 0.3) is 0 Å². The van der Waals surface area contributed by atoms with Crippen LogP contribution in [0.15, 0.2) is 0 Å². The first kappa shape index (κ1) is 13.4. The van der Waals surface area contributed by atoms with E-state index in [0.717, 1.165) is 12.8 Å². The number of aliphatic hydroxyl groups is 1. The molecule has 0 amide bonds. The molecule has 3 N–H and O–H groups in total. The average molecular weight is 203 g/mol. The van der Waals surface area contributed by atoms with Gasteiger partial charge in [0.2, 0.25) is 0 Å². The molecular formula is C10H21NO3. The number of hydrogen-bond acceptors (Lipinski definition) is 3. The van der Waals surface area contributed by atoms with Gasteiger partial charge >= 0.3 is 5.97 Å². The Morgan fingerprint density at radius 3 is 2.50 bits per heavy atom. The molecule has 0 fully saturated rings. The minimum Gasteiger partial charge on any atom is -0.481 e. The molecule has 0 saturated carbocycles.